The molecule has 1 saturated carbocycles. The van der Waals surface area contributed by atoms with Crippen LogP contribution in [0.4, 0.5) is 5.69 Å². The van der Waals surface area contributed by atoms with Gasteiger partial charge in [0.15, 0.2) is 6.29 Å². The Hall–Kier alpha value is -1.58. The van der Waals surface area contributed by atoms with Crippen molar-refractivity contribution in [3.05, 3.63) is 18.0 Å². The van der Waals surface area contributed by atoms with Crippen LogP contribution in [0.15, 0.2) is 12.3 Å². The van der Waals surface area contributed by atoms with Gasteiger partial charge in [0, 0.05) is 12.3 Å². The van der Waals surface area contributed by atoms with Gasteiger partial charge in [0.05, 0.1) is 6.10 Å². The SMILES string of the molecule is Nc1c(OC2CC2)ccnc1C=O. The summed E-state index contributed by atoms with van der Waals surface area (Å²) in [6, 6.07) is 1.68. The minimum atomic E-state index is 0.248. The lowest BCUT2D eigenvalue weighted by Gasteiger charge is -2.07. The highest BCUT2D eigenvalue weighted by molar-refractivity contribution is 5.82. The molecular weight excluding hydrogens is 168 g/mol. The summed E-state index contributed by atoms with van der Waals surface area (Å²) in [5.41, 5.74) is 6.24. The Bertz CT molecular complexity index is 334. The van der Waals surface area contributed by atoms with E-state index in [1.165, 1.54) is 6.20 Å². The number of anilines is 1. The Morgan fingerprint density at radius 3 is 3.00 bits per heavy atom. The van der Waals surface area contributed by atoms with Crippen LogP contribution in [-0.2, 0) is 0 Å². The van der Waals surface area contributed by atoms with Crippen molar-refractivity contribution in [3.8, 4) is 5.75 Å². The van der Waals surface area contributed by atoms with E-state index in [1.54, 1.807) is 6.07 Å². The van der Waals surface area contributed by atoms with Crippen LogP contribution in [0, 0.1) is 0 Å². The molecule has 0 amide bonds. The highest BCUT2D eigenvalue weighted by Crippen LogP contribution is 2.30. The van der Waals surface area contributed by atoms with Crippen molar-refractivity contribution in [3.63, 3.8) is 0 Å². The topological polar surface area (TPSA) is 65.2 Å². The van der Waals surface area contributed by atoms with Crippen LogP contribution >= 0.6 is 0 Å². The lowest BCUT2D eigenvalue weighted by Crippen LogP contribution is -2.03. The van der Waals surface area contributed by atoms with Crippen LogP contribution in [-0.4, -0.2) is 17.4 Å². The number of carbonyl (C=O) groups excluding carboxylic acids is 1. The molecule has 0 unspecified atom stereocenters. The number of pyridine rings is 1. The van der Waals surface area contributed by atoms with Crippen molar-refractivity contribution in [1.29, 1.82) is 0 Å². The van der Waals surface area contributed by atoms with Gasteiger partial charge in [-0.1, -0.05) is 0 Å². The fourth-order valence-corrected chi connectivity index (χ4v) is 1.03. The third kappa shape index (κ3) is 1.61. The third-order valence-electron chi connectivity index (χ3n) is 1.91. The summed E-state index contributed by atoms with van der Waals surface area (Å²) in [6.45, 7) is 0. The normalized spacial score (nSPS) is 15.4. The highest BCUT2D eigenvalue weighted by Gasteiger charge is 2.24. The van der Waals surface area contributed by atoms with Gasteiger partial charge in [0.25, 0.3) is 0 Å². The Balaban J connectivity index is 2.27. The number of rotatable bonds is 3. The zero-order valence-electron chi connectivity index (χ0n) is 7.06. The molecule has 1 fully saturated rings. The quantitative estimate of drug-likeness (QED) is 0.702. The first-order valence-corrected chi connectivity index (χ1v) is 4.17. The van der Waals surface area contributed by atoms with Crippen molar-refractivity contribution in [1.82, 2.24) is 4.98 Å². The van der Waals surface area contributed by atoms with E-state index in [2.05, 4.69) is 4.98 Å². The van der Waals surface area contributed by atoms with Gasteiger partial charge < -0.3 is 10.5 Å². The highest BCUT2D eigenvalue weighted by atomic mass is 16.5. The molecule has 2 N–H and O–H groups in total. The van der Waals surface area contributed by atoms with E-state index in [0.717, 1.165) is 12.8 Å². The molecule has 0 radical (unpaired) electrons. The Kier molecular flexibility index (Phi) is 1.88. The number of carbonyl (C=O) groups is 1. The zero-order chi connectivity index (χ0) is 9.26. The standard InChI is InChI=1S/C9H10N2O2/c10-9-7(5-12)11-4-3-8(9)13-6-1-2-6/h3-6H,1-2,10H2. The van der Waals surface area contributed by atoms with Gasteiger partial charge in [-0.15, -0.1) is 0 Å². The molecule has 0 atom stereocenters. The summed E-state index contributed by atoms with van der Waals surface area (Å²) >= 11 is 0. The lowest BCUT2D eigenvalue weighted by molar-refractivity contribution is 0.111. The van der Waals surface area contributed by atoms with E-state index in [0.29, 0.717) is 17.7 Å². The second-order valence-electron chi connectivity index (χ2n) is 3.04. The number of aldehydes is 1. The molecule has 4 heteroatoms. The average molecular weight is 178 g/mol. The lowest BCUT2D eigenvalue weighted by atomic mass is 10.3. The molecule has 1 aromatic heterocycles. The number of aromatic nitrogens is 1. The van der Waals surface area contributed by atoms with Gasteiger partial charge in [0.1, 0.15) is 17.1 Å². The molecule has 1 aromatic rings. The molecule has 13 heavy (non-hydrogen) atoms. The maximum absolute atomic E-state index is 10.5. The molecule has 0 aromatic carbocycles. The fraction of sp³-hybridized carbons (Fsp3) is 0.333. The first kappa shape index (κ1) is 8.04. The average Bonchev–Trinajstić information content (AvgIpc) is 2.92. The summed E-state index contributed by atoms with van der Waals surface area (Å²) in [4.78, 5) is 14.3. The number of nitrogens with zero attached hydrogens (tertiary/aromatic N) is 1. The Morgan fingerprint density at radius 1 is 1.62 bits per heavy atom. The molecule has 1 aliphatic rings. The molecule has 0 aliphatic heterocycles. The van der Waals surface area contributed by atoms with E-state index in [4.69, 9.17) is 10.5 Å². The van der Waals surface area contributed by atoms with E-state index >= 15 is 0 Å². The van der Waals surface area contributed by atoms with Gasteiger partial charge in [-0.3, -0.25) is 9.78 Å². The van der Waals surface area contributed by atoms with E-state index in [1.807, 2.05) is 0 Å². The molecule has 2 rings (SSSR count). The summed E-state index contributed by atoms with van der Waals surface area (Å²) in [5, 5.41) is 0. The van der Waals surface area contributed by atoms with Crippen molar-refractivity contribution in [2.75, 3.05) is 5.73 Å². The van der Waals surface area contributed by atoms with Crippen LogP contribution < -0.4 is 10.5 Å². The van der Waals surface area contributed by atoms with Crippen LogP contribution in [0.1, 0.15) is 23.3 Å². The van der Waals surface area contributed by atoms with Crippen molar-refractivity contribution in [2.45, 2.75) is 18.9 Å². The van der Waals surface area contributed by atoms with E-state index in [-0.39, 0.29) is 11.8 Å². The second-order valence-corrected chi connectivity index (χ2v) is 3.04. The maximum atomic E-state index is 10.5. The molecule has 1 aliphatic carbocycles. The van der Waals surface area contributed by atoms with Gasteiger partial charge in [0.2, 0.25) is 0 Å². The van der Waals surface area contributed by atoms with E-state index in [9.17, 15) is 4.79 Å². The van der Waals surface area contributed by atoms with Gasteiger partial charge >= 0.3 is 0 Å². The smallest absolute Gasteiger partial charge is 0.170 e. The molecular formula is C9H10N2O2. The zero-order valence-corrected chi connectivity index (χ0v) is 7.06. The predicted molar refractivity (Wildman–Crippen MR) is 47.7 cm³/mol. The molecule has 4 nitrogen and oxygen atoms in total. The van der Waals surface area contributed by atoms with Crippen LogP contribution in [0.2, 0.25) is 0 Å². The number of nitrogen functional groups attached to an aromatic ring is 1. The first-order valence-electron chi connectivity index (χ1n) is 4.17. The van der Waals surface area contributed by atoms with Crippen LogP contribution in [0.25, 0.3) is 0 Å². The molecule has 0 bridgehead atoms. The minimum Gasteiger partial charge on any atom is -0.488 e. The molecule has 68 valence electrons. The van der Waals surface area contributed by atoms with Gasteiger partial charge in [-0.25, -0.2) is 0 Å². The fourth-order valence-electron chi connectivity index (χ4n) is 1.03. The third-order valence-corrected chi connectivity index (χ3v) is 1.91. The summed E-state index contributed by atoms with van der Waals surface area (Å²) in [6.07, 6.45) is 4.58. The number of ether oxygens (including phenoxy) is 1. The second kappa shape index (κ2) is 3.05. The van der Waals surface area contributed by atoms with Gasteiger partial charge in [-0.05, 0) is 12.8 Å². The van der Waals surface area contributed by atoms with E-state index < -0.39 is 0 Å². The van der Waals surface area contributed by atoms with Crippen molar-refractivity contribution in [2.24, 2.45) is 0 Å². The Labute approximate surface area is 75.7 Å². The van der Waals surface area contributed by atoms with Crippen LogP contribution in [0.5, 0.6) is 5.75 Å². The maximum Gasteiger partial charge on any atom is 0.170 e. The number of hydrogen-bond donors (Lipinski definition) is 1. The largest absolute Gasteiger partial charge is 0.488 e. The summed E-state index contributed by atoms with van der Waals surface area (Å²) in [5.74, 6) is 0.569. The van der Waals surface area contributed by atoms with Crippen molar-refractivity contribution < 1.29 is 9.53 Å². The predicted octanol–water partition coefficient (Wildman–Crippen LogP) is 1.02. The first-order chi connectivity index (χ1) is 6.31. The minimum absolute atomic E-state index is 0.248. The summed E-state index contributed by atoms with van der Waals surface area (Å²) < 4.78 is 5.47. The monoisotopic (exact) mass is 178 g/mol. The molecule has 0 saturated heterocycles. The molecule has 1 heterocycles. The Morgan fingerprint density at radius 2 is 2.38 bits per heavy atom. The summed E-state index contributed by atoms with van der Waals surface area (Å²) in [7, 11) is 0. The van der Waals surface area contributed by atoms with Gasteiger partial charge in [-0.2, -0.15) is 0 Å². The van der Waals surface area contributed by atoms with Crippen molar-refractivity contribution >= 4 is 12.0 Å². The number of nitrogens with two attached hydrogens (primary N) is 1. The van der Waals surface area contributed by atoms with Crippen LogP contribution in [0.3, 0.4) is 0 Å². The molecule has 0 spiro atoms. The number of hydrogen-bond acceptors (Lipinski definition) is 4.